The van der Waals surface area contributed by atoms with Gasteiger partial charge in [-0.1, -0.05) is 15.9 Å². The van der Waals surface area contributed by atoms with E-state index in [-0.39, 0.29) is 23.9 Å². The molecule has 2 heterocycles. The number of carbonyl (C=O) groups excluding carboxylic acids is 1. The predicted molar refractivity (Wildman–Crippen MR) is 109 cm³/mol. The second kappa shape index (κ2) is 6.27. The van der Waals surface area contributed by atoms with Crippen LogP contribution >= 0.6 is 15.9 Å². The zero-order valence-electron chi connectivity index (χ0n) is 15.7. The van der Waals surface area contributed by atoms with Gasteiger partial charge in [0.2, 0.25) is 5.88 Å². The van der Waals surface area contributed by atoms with E-state index >= 15 is 0 Å². The lowest BCUT2D eigenvalue weighted by Crippen LogP contribution is -2.35. The van der Waals surface area contributed by atoms with Crippen molar-refractivity contribution < 1.29 is 18.8 Å². The molecule has 3 aliphatic rings. The average Bonchev–Trinajstić information content (AvgIpc) is 3.07. The van der Waals surface area contributed by atoms with Crippen LogP contribution < -0.4 is 15.2 Å². The minimum absolute atomic E-state index is 0.0432. The third-order valence-corrected chi connectivity index (χ3v) is 8.10. The van der Waals surface area contributed by atoms with E-state index in [0.717, 1.165) is 47.0 Å². The summed E-state index contributed by atoms with van der Waals surface area (Å²) >= 11 is 3.66. The fraction of sp³-hybridized carbons (Fsp3) is 0.444. The maximum atomic E-state index is 13.0. The molecule has 1 unspecified atom stereocenters. The highest BCUT2D eigenvalue weighted by Crippen LogP contribution is 2.46. The smallest absolute Gasteiger partial charge is 0.354 e. The van der Waals surface area contributed by atoms with Gasteiger partial charge in [0.1, 0.15) is 4.90 Å². The van der Waals surface area contributed by atoms with Crippen LogP contribution in [0.25, 0.3) is 0 Å². The Hall–Kier alpha value is -1.95. The number of anilines is 1. The topological polar surface area (TPSA) is 132 Å². The second-order valence-electron chi connectivity index (χ2n) is 7.87. The molecule has 0 radical (unpaired) electrons. The van der Waals surface area contributed by atoms with Gasteiger partial charge in [-0.3, -0.25) is 0 Å². The number of amides is 2. The molecular weight excluding hydrogens is 462 g/mol. The van der Waals surface area contributed by atoms with Crippen LogP contribution in [0.2, 0.25) is 0 Å². The minimum Gasteiger partial charge on any atom is -0.466 e. The number of urea groups is 1. The number of nitrogens with zero attached hydrogens (tertiary/aromatic N) is 3. The van der Waals surface area contributed by atoms with Gasteiger partial charge in [-0.05, 0) is 54.9 Å². The molecule has 2 atom stereocenters. The number of hydrogen-bond donors (Lipinski definition) is 3. The third kappa shape index (κ3) is 2.82. The van der Waals surface area contributed by atoms with Gasteiger partial charge >= 0.3 is 6.03 Å². The SMILES string of the molecule is C[C@@]1(CO)Cn2ncc(S(N)(=O)=NC(=O)Nc3c4c(c(Br)c5c3CC5)CC4)c2O1. The van der Waals surface area contributed by atoms with Gasteiger partial charge in [0.25, 0.3) is 0 Å². The van der Waals surface area contributed by atoms with E-state index < -0.39 is 21.5 Å². The first-order valence-electron chi connectivity index (χ1n) is 9.29. The zero-order valence-corrected chi connectivity index (χ0v) is 18.1. The van der Waals surface area contributed by atoms with Crippen molar-refractivity contribution in [2.24, 2.45) is 9.50 Å². The van der Waals surface area contributed by atoms with Crippen LogP contribution in [0, 0.1) is 0 Å². The number of halogens is 1. The fourth-order valence-electron chi connectivity index (χ4n) is 4.04. The summed E-state index contributed by atoms with van der Waals surface area (Å²) in [6.45, 7) is 1.76. The molecule has 0 spiro atoms. The highest BCUT2D eigenvalue weighted by Gasteiger charge is 2.39. The van der Waals surface area contributed by atoms with E-state index in [0.29, 0.717) is 0 Å². The van der Waals surface area contributed by atoms with Crippen molar-refractivity contribution in [3.8, 4) is 5.88 Å². The summed E-state index contributed by atoms with van der Waals surface area (Å²) in [5, 5.41) is 22.3. The Kier molecular flexibility index (Phi) is 4.12. The van der Waals surface area contributed by atoms with E-state index in [1.165, 1.54) is 22.0 Å². The van der Waals surface area contributed by atoms with Gasteiger partial charge in [0, 0.05) is 10.2 Å². The van der Waals surface area contributed by atoms with Crippen molar-refractivity contribution in [3.05, 3.63) is 32.9 Å². The summed E-state index contributed by atoms with van der Waals surface area (Å²) in [7, 11) is -3.57. The van der Waals surface area contributed by atoms with Crippen LogP contribution in [-0.2, 0) is 42.1 Å². The summed E-state index contributed by atoms with van der Waals surface area (Å²) < 4.78 is 25.1. The molecule has 2 aromatic rings. The molecule has 1 aromatic heterocycles. The largest absolute Gasteiger partial charge is 0.466 e. The van der Waals surface area contributed by atoms with Crippen LogP contribution in [0.1, 0.15) is 29.2 Å². The van der Waals surface area contributed by atoms with Crippen LogP contribution in [-0.4, -0.2) is 37.3 Å². The Labute approximate surface area is 176 Å². The Bertz CT molecular complexity index is 1170. The van der Waals surface area contributed by atoms with Crippen LogP contribution in [0.4, 0.5) is 10.5 Å². The van der Waals surface area contributed by atoms with E-state index in [9.17, 15) is 14.1 Å². The van der Waals surface area contributed by atoms with Crippen molar-refractivity contribution in [1.29, 1.82) is 0 Å². The molecule has 0 fully saturated rings. The molecule has 5 rings (SSSR count). The summed E-state index contributed by atoms with van der Waals surface area (Å²) in [6.07, 6.45) is 5.02. The van der Waals surface area contributed by atoms with Crippen molar-refractivity contribution in [2.45, 2.75) is 49.6 Å². The van der Waals surface area contributed by atoms with Gasteiger partial charge in [-0.2, -0.15) is 5.10 Å². The number of carbonyl (C=O) groups is 1. The van der Waals surface area contributed by atoms with Gasteiger partial charge in [0.15, 0.2) is 15.5 Å². The van der Waals surface area contributed by atoms with E-state index in [1.54, 1.807) is 6.92 Å². The normalized spacial score (nSPS) is 22.9. The first-order valence-corrected chi connectivity index (χ1v) is 11.7. The molecular formula is C18H20BrN5O4S. The van der Waals surface area contributed by atoms with Crippen molar-refractivity contribution >= 4 is 37.6 Å². The molecule has 0 bridgehead atoms. The molecule has 29 heavy (non-hydrogen) atoms. The number of benzene rings is 1. The average molecular weight is 482 g/mol. The van der Waals surface area contributed by atoms with E-state index in [4.69, 9.17) is 9.88 Å². The van der Waals surface area contributed by atoms with Gasteiger partial charge < -0.3 is 15.2 Å². The molecule has 11 heteroatoms. The molecule has 4 N–H and O–H groups in total. The Balaban J connectivity index is 1.46. The number of nitrogens with two attached hydrogens (primary N) is 1. The number of rotatable bonds is 3. The Morgan fingerprint density at radius 2 is 2.00 bits per heavy atom. The highest BCUT2D eigenvalue weighted by molar-refractivity contribution is 9.10. The van der Waals surface area contributed by atoms with Gasteiger partial charge in [-0.15, -0.1) is 4.36 Å². The summed E-state index contributed by atoms with van der Waals surface area (Å²) in [4.78, 5) is 12.7. The molecule has 0 saturated carbocycles. The Morgan fingerprint density at radius 1 is 1.38 bits per heavy atom. The van der Waals surface area contributed by atoms with Crippen LogP contribution in [0.15, 0.2) is 19.9 Å². The molecule has 1 aromatic carbocycles. The van der Waals surface area contributed by atoms with Gasteiger partial charge in [-0.25, -0.2) is 18.8 Å². The number of aliphatic hydroxyl groups is 1. The third-order valence-electron chi connectivity index (χ3n) is 5.80. The number of nitrogens with one attached hydrogen (secondary N) is 1. The molecule has 154 valence electrons. The highest BCUT2D eigenvalue weighted by atomic mass is 79.9. The lowest BCUT2D eigenvalue weighted by atomic mass is 9.76. The van der Waals surface area contributed by atoms with Crippen molar-refractivity contribution in [2.75, 3.05) is 11.9 Å². The maximum Gasteiger partial charge on any atom is 0.354 e. The lowest BCUT2D eigenvalue weighted by Gasteiger charge is -2.33. The maximum absolute atomic E-state index is 13.0. The summed E-state index contributed by atoms with van der Waals surface area (Å²) in [6, 6.07) is -0.758. The number of aromatic nitrogens is 2. The first kappa shape index (κ1) is 19.0. The molecule has 9 nitrogen and oxygen atoms in total. The molecule has 2 aliphatic carbocycles. The van der Waals surface area contributed by atoms with Crippen LogP contribution in [0.3, 0.4) is 0 Å². The number of ether oxygens (including phenoxy) is 1. The first-order chi connectivity index (χ1) is 13.7. The van der Waals surface area contributed by atoms with E-state index in [2.05, 4.69) is 30.7 Å². The van der Waals surface area contributed by atoms with Crippen molar-refractivity contribution in [1.82, 2.24) is 9.78 Å². The van der Waals surface area contributed by atoms with E-state index in [1.807, 2.05) is 0 Å². The van der Waals surface area contributed by atoms with Crippen molar-refractivity contribution in [3.63, 3.8) is 0 Å². The molecule has 2 amide bonds. The fourth-order valence-corrected chi connectivity index (χ4v) is 5.90. The summed E-state index contributed by atoms with van der Waals surface area (Å²) in [5.74, 6) is 0.169. The number of fused-ring (bicyclic) bond motifs is 3. The molecule has 1 aliphatic heterocycles. The van der Waals surface area contributed by atoms with Crippen LogP contribution in [0.5, 0.6) is 5.88 Å². The predicted octanol–water partition coefficient (Wildman–Crippen LogP) is 1.92. The second-order valence-corrected chi connectivity index (χ2v) is 10.4. The number of aliphatic hydroxyl groups excluding tert-OH is 1. The number of hydrogen-bond acceptors (Lipinski definition) is 5. The lowest BCUT2D eigenvalue weighted by molar-refractivity contribution is 0.0399. The Morgan fingerprint density at radius 3 is 2.55 bits per heavy atom. The monoisotopic (exact) mass is 481 g/mol. The quantitative estimate of drug-likeness (QED) is 0.615. The van der Waals surface area contributed by atoms with Gasteiger partial charge in [0.05, 0.1) is 19.3 Å². The minimum atomic E-state index is -3.57. The molecule has 0 saturated heterocycles. The zero-order chi connectivity index (χ0) is 20.6. The summed E-state index contributed by atoms with van der Waals surface area (Å²) in [5.41, 5.74) is 4.56. The standard InChI is InChI=1S/C18H20BrN5O4S/c1-18(8-25)7-24-16(28-18)13(6-21-24)29(20,27)23-17(26)22-15-11-4-2-9(11)14(19)10-3-5-12(10)15/h6,25H,2-5,7-8H2,1H3,(H3,20,22,23,26,27)/t18-,29?/m0/s1.